The highest BCUT2D eigenvalue weighted by molar-refractivity contribution is 7.99. The normalized spacial score (nSPS) is 14.0. The molecule has 0 fully saturated rings. The van der Waals surface area contributed by atoms with Crippen molar-refractivity contribution in [3.05, 3.63) is 71.5 Å². The molecule has 0 N–H and O–H groups in total. The smallest absolute Gasteiger partial charge is 0.252 e. The summed E-state index contributed by atoms with van der Waals surface area (Å²) < 4.78 is 12.8. The predicted molar refractivity (Wildman–Crippen MR) is 91.9 cm³/mol. The van der Waals surface area contributed by atoms with Crippen LogP contribution in [0.5, 0.6) is 0 Å². The van der Waals surface area contributed by atoms with E-state index in [9.17, 15) is 9.18 Å². The summed E-state index contributed by atoms with van der Waals surface area (Å²) in [6, 6.07) is 16.3. The van der Waals surface area contributed by atoms with Crippen molar-refractivity contribution in [2.75, 3.05) is 12.3 Å². The summed E-state index contributed by atoms with van der Waals surface area (Å²) in [5, 5.41) is 5.99. The van der Waals surface area contributed by atoms with Gasteiger partial charge in [0.25, 0.3) is 5.91 Å². The first-order valence-corrected chi connectivity index (χ1v) is 8.63. The number of carbonyl (C=O) groups is 1. The Labute approximate surface area is 139 Å². The van der Waals surface area contributed by atoms with Gasteiger partial charge in [0.1, 0.15) is 5.82 Å². The van der Waals surface area contributed by atoms with E-state index in [0.29, 0.717) is 18.1 Å². The van der Waals surface area contributed by atoms with Gasteiger partial charge in [-0.25, -0.2) is 9.40 Å². The Morgan fingerprint density at radius 2 is 1.87 bits per heavy atom. The molecule has 1 aliphatic heterocycles. The highest BCUT2D eigenvalue weighted by Gasteiger charge is 2.21. The van der Waals surface area contributed by atoms with Crippen LogP contribution in [0.2, 0.25) is 0 Å². The number of halogens is 1. The van der Waals surface area contributed by atoms with Gasteiger partial charge in [-0.1, -0.05) is 42.5 Å². The number of hydrogen-bond donors (Lipinski definition) is 0. The quantitative estimate of drug-likeness (QED) is 0.838. The molecule has 1 heterocycles. The summed E-state index contributed by atoms with van der Waals surface area (Å²) in [4.78, 5) is 12.2. The maximum atomic E-state index is 12.8. The van der Waals surface area contributed by atoms with E-state index in [1.165, 1.54) is 23.9 Å². The molecule has 23 heavy (non-hydrogen) atoms. The van der Waals surface area contributed by atoms with Gasteiger partial charge < -0.3 is 0 Å². The minimum absolute atomic E-state index is 0.0167. The van der Waals surface area contributed by atoms with Crippen molar-refractivity contribution in [3.63, 3.8) is 0 Å². The van der Waals surface area contributed by atoms with Crippen molar-refractivity contribution in [2.24, 2.45) is 5.10 Å². The molecule has 0 aliphatic carbocycles. The van der Waals surface area contributed by atoms with Crippen molar-refractivity contribution < 1.29 is 9.18 Å². The van der Waals surface area contributed by atoms with E-state index >= 15 is 0 Å². The molecule has 0 atom stereocenters. The van der Waals surface area contributed by atoms with Gasteiger partial charge in [-0.2, -0.15) is 5.10 Å². The van der Waals surface area contributed by atoms with E-state index in [4.69, 9.17) is 0 Å². The first-order valence-electron chi connectivity index (χ1n) is 7.48. The van der Waals surface area contributed by atoms with E-state index in [-0.39, 0.29) is 11.7 Å². The molecule has 0 aromatic heterocycles. The molecule has 0 spiro atoms. The molecule has 0 radical (unpaired) electrons. The highest BCUT2D eigenvalue weighted by Crippen LogP contribution is 2.17. The molecule has 0 bridgehead atoms. The summed E-state index contributed by atoms with van der Waals surface area (Å²) in [7, 11) is 0. The number of thioether (sulfide) groups is 1. The largest absolute Gasteiger partial charge is 0.272 e. The first kappa shape index (κ1) is 15.7. The van der Waals surface area contributed by atoms with Crippen molar-refractivity contribution in [1.29, 1.82) is 0 Å². The van der Waals surface area contributed by atoms with Gasteiger partial charge >= 0.3 is 0 Å². The third-order valence-corrected chi connectivity index (χ3v) is 4.59. The number of amides is 1. The fourth-order valence-electron chi connectivity index (χ4n) is 2.38. The zero-order valence-electron chi connectivity index (χ0n) is 12.6. The second kappa shape index (κ2) is 7.42. The molecule has 0 saturated carbocycles. The zero-order chi connectivity index (χ0) is 16.1. The maximum Gasteiger partial charge on any atom is 0.252 e. The first-order chi connectivity index (χ1) is 11.2. The summed E-state index contributed by atoms with van der Waals surface area (Å²) in [6.07, 6.45) is 0.790. The number of carbonyl (C=O) groups excluding carboxylic acids is 1. The minimum atomic E-state index is -0.241. The molecule has 0 saturated heterocycles. The Morgan fingerprint density at radius 1 is 1.13 bits per heavy atom. The van der Waals surface area contributed by atoms with Crippen molar-refractivity contribution >= 4 is 23.4 Å². The van der Waals surface area contributed by atoms with E-state index in [0.717, 1.165) is 23.3 Å². The Morgan fingerprint density at radius 3 is 2.61 bits per heavy atom. The van der Waals surface area contributed by atoms with Crippen LogP contribution in [0.15, 0.2) is 59.7 Å². The summed E-state index contributed by atoms with van der Waals surface area (Å²) in [5.74, 6) is 0.843. The van der Waals surface area contributed by atoms with Gasteiger partial charge in [-0.05, 0) is 23.3 Å². The summed E-state index contributed by atoms with van der Waals surface area (Å²) in [5.41, 5.74) is 3.04. The molecule has 118 valence electrons. The van der Waals surface area contributed by atoms with Gasteiger partial charge in [0.2, 0.25) is 0 Å². The van der Waals surface area contributed by atoms with E-state index < -0.39 is 0 Å². The lowest BCUT2D eigenvalue weighted by Crippen LogP contribution is -2.25. The van der Waals surface area contributed by atoms with Crippen molar-refractivity contribution in [1.82, 2.24) is 5.01 Å². The highest BCUT2D eigenvalue weighted by atomic mass is 32.2. The van der Waals surface area contributed by atoms with Crippen LogP contribution in [0.3, 0.4) is 0 Å². The molecule has 3 rings (SSSR count). The SMILES string of the molecule is O=C(CSCc1ccc(F)cc1)N1CCC(c2ccccc2)=N1. The van der Waals surface area contributed by atoms with E-state index in [1.807, 2.05) is 30.3 Å². The third kappa shape index (κ3) is 4.20. The van der Waals surface area contributed by atoms with Crippen LogP contribution in [0, 0.1) is 5.82 Å². The topological polar surface area (TPSA) is 32.7 Å². The lowest BCUT2D eigenvalue weighted by molar-refractivity contribution is -0.127. The number of benzene rings is 2. The molecule has 0 unspecified atom stereocenters. The number of rotatable bonds is 5. The van der Waals surface area contributed by atoms with Crippen LogP contribution in [0.1, 0.15) is 17.5 Å². The molecule has 3 nitrogen and oxygen atoms in total. The van der Waals surface area contributed by atoms with Gasteiger partial charge in [0.15, 0.2) is 0 Å². The van der Waals surface area contributed by atoms with Crippen LogP contribution in [-0.2, 0) is 10.5 Å². The summed E-state index contributed by atoms with van der Waals surface area (Å²) >= 11 is 1.52. The number of hydrogen-bond acceptors (Lipinski definition) is 3. The Balaban J connectivity index is 1.51. The molecule has 1 aliphatic rings. The summed E-state index contributed by atoms with van der Waals surface area (Å²) in [6.45, 7) is 0.639. The molecular formula is C18H17FN2OS. The zero-order valence-corrected chi connectivity index (χ0v) is 13.4. The number of hydrazone groups is 1. The molecule has 2 aromatic rings. The Hall–Kier alpha value is -2.14. The monoisotopic (exact) mass is 328 g/mol. The van der Waals surface area contributed by atoms with Crippen LogP contribution in [-0.4, -0.2) is 28.9 Å². The van der Waals surface area contributed by atoms with Gasteiger partial charge in [-0.15, -0.1) is 11.8 Å². The van der Waals surface area contributed by atoms with E-state index in [2.05, 4.69) is 5.10 Å². The van der Waals surface area contributed by atoms with Gasteiger partial charge in [0, 0.05) is 12.2 Å². The lowest BCUT2D eigenvalue weighted by Gasteiger charge is -2.10. The van der Waals surface area contributed by atoms with Crippen molar-refractivity contribution in [3.8, 4) is 0 Å². The molecular weight excluding hydrogens is 311 g/mol. The Kier molecular flexibility index (Phi) is 5.08. The molecule has 5 heteroatoms. The average molecular weight is 328 g/mol. The third-order valence-electron chi connectivity index (χ3n) is 3.60. The predicted octanol–water partition coefficient (Wildman–Crippen LogP) is 3.70. The van der Waals surface area contributed by atoms with E-state index in [1.54, 1.807) is 17.1 Å². The fraction of sp³-hybridized carbons (Fsp3) is 0.222. The molecule has 2 aromatic carbocycles. The Bertz CT molecular complexity index is 701. The standard InChI is InChI=1S/C18H17FN2OS/c19-16-8-6-14(7-9-16)12-23-13-18(22)21-11-10-17(20-21)15-4-2-1-3-5-15/h1-9H,10-13H2. The average Bonchev–Trinajstić information content (AvgIpc) is 3.07. The maximum absolute atomic E-state index is 12.8. The second-order valence-corrected chi connectivity index (χ2v) is 6.28. The van der Waals surface area contributed by atoms with Crippen LogP contribution >= 0.6 is 11.8 Å². The van der Waals surface area contributed by atoms with Crippen LogP contribution < -0.4 is 0 Å². The fourth-order valence-corrected chi connectivity index (χ4v) is 3.24. The van der Waals surface area contributed by atoms with Gasteiger partial charge in [0.05, 0.1) is 18.0 Å². The molecule has 1 amide bonds. The van der Waals surface area contributed by atoms with Gasteiger partial charge in [-0.3, -0.25) is 4.79 Å². The number of nitrogens with zero attached hydrogens (tertiary/aromatic N) is 2. The lowest BCUT2D eigenvalue weighted by atomic mass is 10.1. The van der Waals surface area contributed by atoms with Crippen molar-refractivity contribution in [2.45, 2.75) is 12.2 Å². The second-order valence-electron chi connectivity index (χ2n) is 5.30. The van der Waals surface area contributed by atoms with Crippen LogP contribution in [0.4, 0.5) is 4.39 Å². The minimum Gasteiger partial charge on any atom is -0.272 e. The van der Waals surface area contributed by atoms with Crippen LogP contribution in [0.25, 0.3) is 0 Å².